The van der Waals surface area contributed by atoms with Gasteiger partial charge in [-0.3, -0.25) is 19.2 Å². The van der Waals surface area contributed by atoms with Crippen LogP contribution in [0.5, 0.6) is 0 Å². The molecular formula is C25H20N2O6. The lowest BCUT2D eigenvalue weighted by Gasteiger charge is -2.22. The molecule has 4 amide bonds. The zero-order valence-electron chi connectivity index (χ0n) is 17.5. The Bertz CT molecular complexity index is 1120. The van der Waals surface area contributed by atoms with Crippen molar-refractivity contribution in [1.82, 2.24) is 0 Å². The van der Waals surface area contributed by atoms with Crippen molar-refractivity contribution in [2.45, 2.75) is 12.8 Å². The average Bonchev–Trinajstić information content (AvgIpc) is 3.61. The number of imide groups is 2. The third-order valence-corrected chi connectivity index (χ3v) is 8.61. The molecule has 1 N–H and O–H groups in total. The highest BCUT2D eigenvalue weighted by molar-refractivity contribution is 6.25. The minimum absolute atomic E-state index is 0.0210. The largest absolute Gasteiger partial charge is 0.478 e. The van der Waals surface area contributed by atoms with Gasteiger partial charge >= 0.3 is 5.97 Å². The normalized spacial score (nSPS) is 39.4. The van der Waals surface area contributed by atoms with E-state index in [1.54, 1.807) is 0 Å². The van der Waals surface area contributed by atoms with Crippen molar-refractivity contribution in [1.29, 1.82) is 0 Å². The van der Waals surface area contributed by atoms with Crippen LogP contribution in [0.25, 0.3) is 0 Å². The molecule has 166 valence electrons. The van der Waals surface area contributed by atoms with Gasteiger partial charge in [-0.25, -0.2) is 14.6 Å². The maximum Gasteiger partial charge on any atom is 0.335 e. The zero-order valence-corrected chi connectivity index (χ0v) is 17.5. The minimum atomic E-state index is -1.26. The molecule has 7 rings (SSSR count). The summed E-state index contributed by atoms with van der Waals surface area (Å²) < 4.78 is 0. The van der Waals surface area contributed by atoms with Crippen molar-refractivity contribution in [2.75, 3.05) is 9.80 Å². The van der Waals surface area contributed by atoms with Gasteiger partial charge in [0, 0.05) is 0 Å². The van der Waals surface area contributed by atoms with Crippen LogP contribution >= 0.6 is 0 Å². The maximum atomic E-state index is 13.3. The second kappa shape index (κ2) is 6.07. The van der Waals surface area contributed by atoms with Crippen LogP contribution in [0, 0.1) is 47.3 Å². The summed E-state index contributed by atoms with van der Waals surface area (Å²) in [6.45, 7) is 0. The van der Waals surface area contributed by atoms with E-state index in [2.05, 4.69) is 0 Å². The monoisotopic (exact) mass is 444 g/mol. The molecule has 2 saturated heterocycles. The van der Waals surface area contributed by atoms with Gasteiger partial charge in [-0.05, 0) is 54.7 Å². The number of fused-ring (bicyclic) bond motifs is 10. The van der Waals surface area contributed by atoms with E-state index in [-0.39, 0.29) is 64.2 Å². The molecule has 8 heteroatoms. The Hall–Kier alpha value is -3.55. The van der Waals surface area contributed by atoms with Crippen LogP contribution in [0.3, 0.4) is 0 Å². The fraction of sp³-hybridized carbons (Fsp3) is 0.400. The Morgan fingerprint density at radius 3 is 1.27 bits per heavy atom. The van der Waals surface area contributed by atoms with Crippen LogP contribution in [-0.2, 0) is 19.2 Å². The van der Waals surface area contributed by atoms with Crippen LogP contribution in [0.15, 0.2) is 42.5 Å². The van der Waals surface area contributed by atoms with Crippen molar-refractivity contribution in [2.24, 2.45) is 47.3 Å². The van der Waals surface area contributed by atoms with Crippen molar-refractivity contribution in [3.05, 3.63) is 48.1 Å². The Kier molecular flexibility index (Phi) is 3.49. The third kappa shape index (κ3) is 2.23. The highest BCUT2D eigenvalue weighted by Crippen LogP contribution is 2.55. The van der Waals surface area contributed by atoms with Crippen LogP contribution in [0.2, 0.25) is 0 Å². The van der Waals surface area contributed by atoms with Gasteiger partial charge in [-0.15, -0.1) is 0 Å². The predicted molar refractivity (Wildman–Crippen MR) is 114 cm³/mol. The van der Waals surface area contributed by atoms with Gasteiger partial charge in [0.05, 0.1) is 40.6 Å². The SMILES string of the molecule is O=C(O)c1cc(N2C(=O)[C@@H]3[C@@H](C2=O)[C@H]2C=C[C@H]3C2)cc(N2C(=O)[C@@H]3[C@H](C2=O)[C@H]2C=C[C@H]3C2)c1. The van der Waals surface area contributed by atoms with Gasteiger partial charge in [0.15, 0.2) is 0 Å². The number of nitrogens with zero attached hydrogens (tertiary/aromatic N) is 2. The summed E-state index contributed by atoms with van der Waals surface area (Å²) in [5.41, 5.74) is 0.0277. The highest BCUT2D eigenvalue weighted by Gasteiger charge is 2.61. The summed E-state index contributed by atoms with van der Waals surface area (Å²) in [6.07, 6.45) is 9.53. The van der Waals surface area contributed by atoms with E-state index in [4.69, 9.17) is 0 Å². The van der Waals surface area contributed by atoms with Gasteiger partial charge in [-0.1, -0.05) is 24.3 Å². The van der Waals surface area contributed by atoms with Gasteiger partial charge in [0.2, 0.25) is 23.6 Å². The molecular weight excluding hydrogens is 424 g/mol. The molecule has 33 heavy (non-hydrogen) atoms. The van der Waals surface area contributed by atoms with E-state index < -0.39 is 29.6 Å². The molecule has 4 bridgehead atoms. The number of carbonyl (C=O) groups is 5. The third-order valence-electron chi connectivity index (χ3n) is 8.61. The van der Waals surface area contributed by atoms with Crippen LogP contribution in [-0.4, -0.2) is 34.7 Å². The summed E-state index contributed by atoms with van der Waals surface area (Å²) in [4.78, 5) is 67.0. The van der Waals surface area contributed by atoms with E-state index in [1.165, 1.54) is 18.2 Å². The van der Waals surface area contributed by atoms with Crippen molar-refractivity contribution >= 4 is 41.0 Å². The quantitative estimate of drug-likeness (QED) is 0.564. The molecule has 2 heterocycles. The molecule has 6 aliphatic rings. The van der Waals surface area contributed by atoms with E-state index in [0.29, 0.717) is 0 Å². The van der Waals surface area contributed by atoms with Gasteiger partial charge < -0.3 is 5.11 Å². The first-order chi connectivity index (χ1) is 15.8. The molecule has 4 aliphatic carbocycles. The van der Waals surface area contributed by atoms with Crippen LogP contribution < -0.4 is 9.80 Å². The first kappa shape index (κ1) is 19.0. The Balaban J connectivity index is 1.30. The summed E-state index contributed by atoms with van der Waals surface area (Å²) in [6, 6.07) is 3.98. The summed E-state index contributed by atoms with van der Waals surface area (Å²) in [5.74, 6) is -4.26. The summed E-state index contributed by atoms with van der Waals surface area (Å²) >= 11 is 0. The predicted octanol–water partition coefficient (Wildman–Crippen LogP) is 2.01. The smallest absolute Gasteiger partial charge is 0.335 e. The lowest BCUT2D eigenvalue weighted by Crippen LogP contribution is -2.35. The van der Waals surface area contributed by atoms with Crippen molar-refractivity contribution < 1.29 is 29.1 Å². The van der Waals surface area contributed by atoms with Gasteiger partial charge in [0.25, 0.3) is 0 Å². The van der Waals surface area contributed by atoms with E-state index >= 15 is 0 Å². The molecule has 2 saturated carbocycles. The Morgan fingerprint density at radius 2 is 0.970 bits per heavy atom. The number of allylic oxidation sites excluding steroid dienone is 4. The number of aromatic carboxylic acids is 1. The molecule has 0 radical (unpaired) electrons. The van der Waals surface area contributed by atoms with Gasteiger partial charge in [-0.2, -0.15) is 0 Å². The molecule has 8 nitrogen and oxygen atoms in total. The number of carboxylic acids is 1. The number of hydrogen-bond acceptors (Lipinski definition) is 5. The van der Waals surface area contributed by atoms with Crippen LogP contribution in [0.4, 0.5) is 11.4 Å². The molecule has 1 aromatic carbocycles. The van der Waals surface area contributed by atoms with Gasteiger partial charge in [0.1, 0.15) is 0 Å². The topological polar surface area (TPSA) is 112 Å². The second-order valence-corrected chi connectivity index (χ2v) is 10.1. The number of amides is 4. The van der Waals surface area contributed by atoms with Crippen LogP contribution in [0.1, 0.15) is 23.2 Å². The second-order valence-electron chi connectivity index (χ2n) is 10.1. The van der Waals surface area contributed by atoms with E-state index in [1.807, 2.05) is 24.3 Å². The standard InChI is InChI=1S/C25H20N2O6/c28-21-17-10-1-2-11(5-10)18(17)22(29)26(21)15-7-14(25(32)33)8-16(9-15)27-23(30)19-12-3-4-13(6-12)20(19)24(27)31/h1-4,7-13,17-20H,5-6H2,(H,32,33)/t10-,11-,12-,13-,17-,18-,19-,20+/m0/s1. The molecule has 2 aliphatic heterocycles. The molecule has 4 fully saturated rings. The van der Waals surface area contributed by atoms with Crippen molar-refractivity contribution in [3.8, 4) is 0 Å². The fourth-order valence-corrected chi connectivity index (χ4v) is 7.29. The lowest BCUT2D eigenvalue weighted by atomic mass is 9.85. The lowest BCUT2D eigenvalue weighted by molar-refractivity contribution is -0.124. The number of benzene rings is 1. The first-order valence-corrected chi connectivity index (χ1v) is 11.4. The number of anilines is 2. The Morgan fingerprint density at radius 1 is 0.636 bits per heavy atom. The van der Waals surface area contributed by atoms with Crippen molar-refractivity contribution in [3.63, 3.8) is 0 Å². The highest BCUT2D eigenvalue weighted by atomic mass is 16.4. The van der Waals surface area contributed by atoms with E-state index in [9.17, 15) is 29.1 Å². The summed E-state index contributed by atoms with van der Waals surface area (Å²) in [5, 5.41) is 9.70. The zero-order chi connectivity index (χ0) is 22.8. The van der Waals surface area contributed by atoms with E-state index in [0.717, 1.165) is 22.6 Å². The molecule has 1 aromatic rings. The number of hydrogen-bond donors (Lipinski definition) is 1. The molecule has 0 spiro atoms. The molecule has 0 aromatic heterocycles. The number of carboxylic acid groups (broad SMARTS) is 1. The Labute approximate surface area is 188 Å². The minimum Gasteiger partial charge on any atom is -0.478 e. The number of rotatable bonds is 3. The molecule has 8 atom stereocenters. The average molecular weight is 444 g/mol. The maximum absolute atomic E-state index is 13.3. The fourth-order valence-electron chi connectivity index (χ4n) is 7.29. The summed E-state index contributed by atoms with van der Waals surface area (Å²) in [7, 11) is 0. The molecule has 0 unspecified atom stereocenters. The first-order valence-electron chi connectivity index (χ1n) is 11.4. The number of carbonyl (C=O) groups excluding carboxylic acids is 4.